The maximum absolute atomic E-state index is 11.9. The summed E-state index contributed by atoms with van der Waals surface area (Å²) < 4.78 is 31.2. The van der Waals surface area contributed by atoms with E-state index < -0.39 is 9.84 Å². The first-order valence-electron chi connectivity index (χ1n) is 10.2. The van der Waals surface area contributed by atoms with Crippen molar-refractivity contribution >= 4 is 15.5 Å². The molecule has 0 amide bonds. The molecule has 7 nitrogen and oxygen atoms in total. The van der Waals surface area contributed by atoms with Crippen LogP contribution < -0.4 is 9.64 Å². The Bertz CT molecular complexity index is 978. The number of hydrogen-bond donors (Lipinski definition) is 0. The van der Waals surface area contributed by atoms with Crippen molar-refractivity contribution < 1.29 is 13.2 Å². The zero-order valence-corrected chi connectivity index (χ0v) is 18.3. The first kappa shape index (κ1) is 20.2. The van der Waals surface area contributed by atoms with Gasteiger partial charge in [0, 0.05) is 38.3 Å². The molecule has 0 spiro atoms. The van der Waals surface area contributed by atoms with Crippen molar-refractivity contribution in [3.05, 3.63) is 41.2 Å². The number of nitrogens with zero attached hydrogens (tertiary/aromatic N) is 4. The van der Waals surface area contributed by atoms with Gasteiger partial charge in [0.2, 0.25) is 0 Å². The Labute approximate surface area is 173 Å². The second-order valence-corrected chi connectivity index (χ2v) is 10.3. The van der Waals surface area contributed by atoms with Crippen LogP contribution in [0.15, 0.2) is 24.3 Å². The van der Waals surface area contributed by atoms with Gasteiger partial charge in [-0.25, -0.2) is 8.42 Å². The number of sulfone groups is 1. The molecule has 158 valence electrons. The van der Waals surface area contributed by atoms with E-state index in [1.54, 1.807) is 7.11 Å². The molecule has 1 aromatic heterocycles. The summed E-state index contributed by atoms with van der Waals surface area (Å²) in [4.78, 5) is 4.85. The molecule has 0 saturated carbocycles. The van der Waals surface area contributed by atoms with Crippen LogP contribution >= 0.6 is 0 Å². The summed E-state index contributed by atoms with van der Waals surface area (Å²) in [5, 5.41) is 4.72. The first-order chi connectivity index (χ1) is 13.9. The third-order valence-electron chi connectivity index (χ3n) is 6.12. The summed E-state index contributed by atoms with van der Waals surface area (Å²) in [6.45, 7) is 8.80. The van der Waals surface area contributed by atoms with E-state index in [0.717, 1.165) is 49.9 Å². The molecular formula is C21H30N4O3S. The molecule has 0 aliphatic carbocycles. The van der Waals surface area contributed by atoms with Gasteiger partial charge in [-0.05, 0) is 26.3 Å². The van der Waals surface area contributed by atoms with Gasteiger partial charge in [-0.1, -0.05) is 18.2 Å². The number of methoxy groups -OCH3 is 1. The Morgan fingerprint density at radius 2 is 1.86 bits per heavy atom. The minimum absolute atomic E-state index is 0.0284. The topological polar surface area (TPSA) is 67.7 Å². The molecule has 1 atom stereocenters. The maximum Gasteiger partial charge on any atom is 0.152 e. The lowest BCUT2D eigenvalue weighted by Gasteiger charge is -2.36. The molecule has 1 aromatic carbocycles. The van der Waals surface area contributed by atoms with Crippen molar-refractivity contribution in [2.24, 2.45) is 0 Å². The van der Waals surface area contributed by atoms with Crippen molar-refractivity contribution in [2.75, 3.05) is 49.7 Å². The average Bonchev–Trinajstić information content (AvgIpc) is 3.21. The molecule has 4 rings (SSSR count). The van der Waals surface area contributed by atoms with Crippen LogP contribution in [-0.2, 0) is 16.4 Å². The summed E-state index contributed by atoms with van der Waals surface area (Å²) >= 11 is 0. The third kappa shape index (κ3) is 4.14. The molecule has 1 unspecified atom stereocenters. The fourth-order valence-corrected chi connectivity index (χ4v) is 6.33. The molecule has 3 heterocycles. The lowest BCUT2D eigenvalue weighted by atomic mass is 10.1. The van der Waals surface area contributed by atoms with E-state index in [9.17, 15) is 8.42 Å². The van der Waals surface area contributed by atoms with Gasteiger partial charge in [-0.3, -0.25) is 9.58 Å². The fraction of sp³-hybridized carbons (Fsp3) is 0.571. The van der Waals surface area contributed by atoms with E-state index in [4.69, 9.17) is 9.84 Å². The highest BCUT2D eigenvalue weighted by molar-refractivity contribution is 7.91. The Hall–Kier alpha value is -2.06. The minimum atomic E-state index is -2.92. The van der Waals surface area contributed by atoms with Gasteiger partial charge < -0.3 is 9.64 Å². The normalized spacial score (nSPS) is 22.2. The van der Waals surface area contributed by atoms with Crippen LogP contribution in [0, 0.1) is 13.8 Å². The molecular weight excluding hydrogens is 388 g/mol. The van der Waals surface area contributed by atoms with Crippen molar-refractivity contribution in [2.45, 2.75) is 32.9 Å². The molecule has 8 heteroatoms. The molecule has 2 saturated heterocycles. The predicted octanol–water partition coefficient (Wildman–Crippen LogP) is 2.19. The smallest absolute Gasteiger partial charge is 0.152 e. The van der Waals surface area contributed by atoms with Crippen LogP contribution in [-0.4, -0.2) is 67.9 Å². The number of ether oxygens (including phenoxy) is 1. The number of anilines is 1. The van der Waals surface area contributed by atoms with Crippen molar-refractivity contribution in [1.29, 1.82) is 0 Å². The number of hydrogen-bond acceptors (Lipinski definition) is 6. The molecule has 2 aliphatic rings. The number of benzene rings is 1. The summed E-state index contributed by atoms with van der Waals surface area (Å²) in [6, 6.07) is 8.16. The van der Waals surface area contributed by atoms with Crippen molar-refractivity contribution in [3.63, 3.8) is 0 Å². The highest BCUT2D eigenvalue weighted by Crippen LogP contribution is 2.32. The van der Waals surface area contributed by atoms with Gasteiger partial charge in [-0.15, -0.1) is 0 Å². The Morgan fingerprint density at radius 3 is 2.52 bits per heavy atom. The molecule has 29 heavy (non-hydrogen) atoms. The largest absolute Gasteiger partial charge is 0.496 e. The van der Waals surface area contributed by atoms with Crippen LogP contribution in [0.25, 0.3) is 0 Å². The van der Waals surface area contributed by atoms with E-state index in [-0.39, 0.29) is 17.5 Å². The first-order valence-corrected chi connectivity index (χ1v) is 12.1. The Balaban J connectivity index is 1.44. The van der Waals surface area contributed by atoms with Gasteiger partial charge in [-0.2, -0.15) is 5.10 Å². The Morgan fingerprint density at radius 1 is 1.14 bits per heavy atom. The summed E-state index contributed by atoms with van der Waals surface area (Å²) in [6.07, 6.45) is 0.663. The average molecular weight is 419 g/mol. The van der Waals surface area contributed by atoms with Crippen LogP contribution in [0.4, 0.5) is 5.69 Å². The molecule has 0 N–H and O–H groups in total. The van der Waals surface area contributed by atoms with Gasteiger partial charge in [0.05, 0.1) is 41.7 Å². The lowest BCUT2D eigenvalue weighted by Crippen LogP contribution is -2.46. The summed E-state index contributed by atoms with van der Waals surface area (Å²) in [7, 11) is -1.21. The van der Waals surface area contributed by atoms with E-state index in [1.165, 1.54) is 11.3 Å². The van der Waals surface area contributed by atoms with Gasteiger partial charge in [0.15, 0.2) is 9.84 Å². The van der Waals surface area contributed by atoms with Crippen LogP contribution in [0.5, 0.6) is 5.75 Å². The summed E-state index contributed by atoms with van der Waals surface area (Å²) in [5.41, 5.74) is 4.46. The predicted molar refractivity (Wildman–Crippen MR) is 114 cm³/mol. The number of piperazine rings is 1. The zero-order valence-electron chi connectivity index (χ0n) is 17.5. The van der Waals surface area contributed by atoms with Crippen LogP contribution in [0.2, 0.25) is 0 Å². The van der Waals surface area contributed by atoms with E-state index in [2.05, 4.69) is 28.9 Å². The van der Waals surface area contributed by atoms with E-state index in [1.807, 2.05) is 23.7 Å². The zero-order chi connectivity index (χ0) is 20.6. The highest BCUT2D eigenvalue weighted by Gasteiger charge is 2.32. The minimum Gasteiger partial charge on any atom is -0.496 e. The molecule has 2 aromatic rings. The van der Waals surface area contributed by atoms with Crippen molar-refractivity contribution in [1.82, 2.24) is 14.7 Å². The highest BCUT2D eigenvalue weighted by atomic mass is 32.2. The second kappa shape index (κ2) is 7.99. The van der Waals surface area contributed by atoms with Crippen LogP contribution in [0.1, 0.15) is 29.4 Å². The number of rotatable bonds is 5. The number of aryl methyl sites for hydroxylation is 1. The van der Waals surface area contributed by atoms with Gasteiger partial charge in [0.1, 0.15) is 5.75 Å². The maximum atomic E-state index is 11.9. The molecule has 0 radical (unpaired) electrons. The third-order valence-corrected chi connectivity index (χ3v) is 7.87. The standard InChI is InChI=1S/C21H30N4O3S/c1-16-21(17(2)25(22-16)19-8-13-29(26,27)15-19)24-11-9-23(10-12-24)14-18-6-4-5-7-20(18)28-3/h4-7,19H,8-15H2,1-3H3. The Kier molecular flexibility index (Phi) is 5.57. The SMILES string of the molecule is COc1ccccc1CN1CCN(c2c(C)nn(C3CCS(=O)(=O)C3)c2C)CC1. The summed E-state index contributed by atoms with van der Waals surface area (Å²) in [5.74, 6) is 1.42. The number of aromatic nitrogens is 2. The second-order valence-electron chi connectivity index (χ2n) is 8.10. The molecule has 2 aliphatic heterocycles. The van der Waals surface area contributed by atoms with Crippen molar-refractivity contribution in [3.8, 4) is 5.75 Å². The number of para-hydroxylation sites is 1. The van der Waals surface area contributed by atoms with Gasteiger partial charge >= 0.3 is 0 Å². The van der Waals surface area contributed by atoms with E-state index in [0.29, 0.717) is 6.42 Å². The van der Waals surface area contributed by atoms with Crippen LogP contribution in [0.3, 0.4) is 0 Å². The molecule has 2 fully saturated rings. The fourth-order valence-electron chi connectivity index (χ4n) is 4.64. The lowest BCUT2D eigenvalue weighted by molar-refractivity contribution is 0.246. The quantitative estimate of drug-likeness (QED) is 0.742. The molecule has 0 bridgehead atoms. The van der Waals surface area contributed by atoms with E-state index >= 15 is 0 Å². The van der Waals surface area contributed by atoms with Gasteiger partial charge in [0.25, 0.3) is 0 Å². The monoisotopic (exact) mass is 418 g/mol.